The second-order valence-electron chi connectivity index (χ2n) is 5.73. The summed E-state index contributed by atoms with van der Waals surface area (Å²) in [4.78, 5) is 1.68. The van der Waals surface area contributed by atoms with E-state index in [4.69, 9.17) is 0 Å². The van der Waals surface area contributed by atoms with E-state index in [-0.39, 0.29) is 0 Å². The molecular weight excluding hydrogens is 298 g/mol. The third kappa shape index (κ3) is 3.89. The minimum Gasteiger partial charge on any atom is -0.374 e. The smallest absolute Gasteiger partial charge is 0.136 e. The summed E-state index contributed by atoms with van der Waals surface area (Å²) in [6.45, 7) is 0.437. The lowest BCUT2D eigenvalue weighted by Gasteiger charge is -2.33. The maximum absolute atomic E-state index is 10.8. The molecule has 3 rings (SSSR count). The summed E-state index contributed by atoms with van der Waals surface area (Å²) in [6.07, 6.45) is -1.80. The molecule has 24 heavy (non-hydrogen) atoms. The van der Waals surface area contributed by atoms with Crippen LogP contribution in [0, 0.1) is 0 Å². The normalized spacial score (nSPS) is 13.6. The van der Waals surface area contributed by atoms with Crippen LogP contribution in [-0.2, 0) is 6.54 Å². The fraction of sp³-hybridized carbons (Fsp3) is 0.143. The first kappa shape index (κ1) is 16.4. The molecule has 0 saturated carbocycles. The molecular formula is C21H21NO2. The van der Waals surface area contributed by atoms with E-state index in [2.05, 4.69) is 0 Å². The van der Waals surface area contributed by atoms with Crippen LogP contribution in [0.25, 0.3) is 0 Å². The average molecular weight is 319 g/mol. The van der Waals surface area contributed by atoms with Gasteiger partial charge in [-0.05, 0) is 16.7 Å². The van der Waals surface area contributed by atoms with Gasteiger partial charge in [0.2, 0.25) is 0 Å². The van der Waals surface area contributed by atoms with E-state index in [1.807, 2.05) is 91.0 Å². The molecule has 3 nitrogen and oxygen atoms in total. The lowest BCUT2D eigenvalue weighted by Crippen LogP contribution is -2.32. The van der Waals surface area contributed by atoms with Gasteiger partial charge in [0.15, 0.2) is 0 Å². The zero-order valence-corrected chi connectivity index (χ0v) is 13.4. The Kier molecular flexibility index (Phi) is 5.39. The molecule has 0 unspecified atom stereocenters. The molecule has 0 saturated heterocycles. The van der Waals surface area contributed by atoms with Crippen LogP contribution < -0.4 is 0 Å². The van der Waals surface area contributed by atoms with E-state index in [9.17, 15) is 10.2 Å². The zero-order valence-electron chi connectivity index (χ0n) is 13.4. The number of aliphatic hydroxyl groups is 2. The summed E-state index contributed by atoms with van der Waals surface area (Å²) in [6, 6.07) is 28.6. The van der Waals surface area contributed by atoms with Crippen molar-refractivity contribution in [3.8, 4) is 0 Å². The summed E-state index contributed by atoms with van der Waals surface area (Å²) in [5.41, 5.74) is 2.54. The Morgan fingerprint density at radius 2 is 0.958 bits per heavy atom. The highest BCUT2D eigenvalue weighted by atomic mass is 16.3. The summed E-state index contributed by atoms with van der Waals surface area (Å²) in [5.74, 6) is 0. The monoisotopic (exact) mass is 319 g/mol. The Balaban J connectivity index is 1.91. The van der Waals surface area contributed by atoms with Gasteiger partial charge in [-0.15, -0.1) is 0 Å². The van der Waals surface area contributed by atoms with Crippen molar-refractivity contribution in [2.45, 2.75) is 19.0 Å². The molecule has 122 valence electrons. The van der Waals surface area contributed by atoms with Crippen molar-refractivity contribution < 1.29 is 10.2 Å². The van der Waals surface area contributed by atoms with Crippen molar-refractivity contribution in [2.24, 2.45) is 0 Å². The molecule has 2 N–H and O–H groups in total. The average Bonchev–Trinajstić information content (AvgIpc) is 2.67. The van der Waals surface area contributed by atoms with Crippen molar-refractivity contribution in [2.75, 3.05) is 0 Å². The molecule has 0 heterocycles. The fourth-order valence-corrected chi connectivity index (χ4v) is 2.73. The summed E-state index contributed by atoms with van der Waals surface area (Å²) >= 11 is 0. The highest BCUT2D eigenvalue weighted by Gasteiger charge is 2.25. The van der Waals surface area contributed by atoms with Gasteiger partial charge >= 0.3 is 0 Å². The van der Waals surface area contributed by atoms with Gasteiger partial charge in [0.05, 0.1) is 0 Å². The molecule has 0 aromatic heterocycles. The van der Waals surface area contributed by atoms with Gasteiger partial charge in [-0.2, -0.15) is 0 Å². The quantitative estimate of drug-likeness (QED) is 0.678. The molecule has 0 aliphatic heterocycles. The first-order valence-electron chi connectivity index (χ1n) is 8.01. The Bertz CT molecular complexity index is 686. The van der Waals surface area contributed by atoms with Crippen LogP contribution >= 0.6 is 0 Å². The van der Waals surface area contributed by atoms with E-state index in [0.29, 0.717) is 6.54 Å². The predicted molar refractivity (Wildman–Crippen MR) is 94.8 cm³/mol. The SMILES string of the molecule is O[C@H](c1ccccc1)N(Cc1ccccc1)[C@H](O)c1ccccc1. The fourth-order valence-electron chi connectivity index (χ4n) is 2.73. The number of nitrogens with zero attached hydrogens (tertiary/aromatic N) is 1. The van der Waals surface area contributed by atoms with Crippen molar-refractivity contribution in [1.29, 1.82) is 0 Å². The van der Waals surface area contributed by atoms with Crippen LogP contribution in [0.2, 0.25) is 0 Å². The molecule has 0 amide bonds. The Hall–Kier alpha value is -2.46. The minimum atomic E-state index is -0.901. The van der Waals surface area contributed by atoms with Crippen LogP contribution in [0.5, 0.6) is 0 Å². The van der Waals surface area contributed by atoms with Gasteiger partial charge in [-0.25, -0.2) is 4.90 Å². The van der Waals surface area contributed by atoms with Gasteiger partial charge in [0, 0.05) is 6.54 Å². The molecule has 0 aliphatic rings. The molecule has 3 aromatic rings. The van der Waals surface area contributed by atoms with E-state index in [0.717, 1.165) is 16.7 Å². The highest BCUT2D eigenvalue weighted by Crippen LogP contribution is 2.29. The summed E-state index contributed by atoms with van der Waals surface area (Å²) in [5, 5.41) is 21.7. The van der Waals surface area contributed by atoms with Crippen molar-refractivity contribution in [1.82, 2.24) is 4.90 Å². The van der Waals surface area contributed by atoms with Crippen molar-refractivity contribution >= 4 is 0 Å². The molecule has 0 radical (unpaired) electrons. The van der Waals surface area contributed by atoms with Gasteiger partial charge < -0.3 is 10.2 Å². The van der Waals surface area contributed by atoms with Crippen LogP contribution in [0.1, 0.15) is 29.1 Å². The van der Waals surface area contributed by atoms with Gasteiger partial charge in [0.1, 0.15) is 12.5 Å². The van der Waals surface area contributed by atoms with E-state index in [1.165, 1.54) is 0 Å². The predicted octanol–water partition coefficient (Wildman–Crippen LogP) is 3.87. The second kappa shape index (κ2) is 7.88. The summed E-state index contributed by atoms with van der Waals surface area (Å²) < 4.78 is 0. The molecule has 0 aliphatic carbocycles. The third-order valence-electron chi connectivity index (χ3n) is 4.03. The third-order valence-corrected chi connectivity index (χ3v) is 4.03. The first-order valence-corrected chi connectivity index (χ1v) is 8.01. The first-order chi connectivity index (χ1) is 11.8. The Morgan fingerprint density at radius 3 is 1.38 bits per heavy atom. The number of hydrogen-bond donors (Lipinski definition) is 2. The standard InChI is InChI=1S/C21H21NO2/c23-20(18-12-6-2-7-13-18)22(16-17-10-4-1-5-11-17)21(24)19-14-8-3-9-15-19/h1-15,20-21,23-24H,16H2/t20-,21-/m1/s1. The lowest BCUT2D eigenvalue weighted by atomic mass is 10.1. The summed E-state index contributed by atoms with van der Waals surface area (Å²) in [7, 11) is 0. The molecule has 0 spiro atoms. The topological polar surface area (TPSA) is 43.7 Å². The zero-order chi connectivity index (χ0) is 16.8. The van der Waals surface area contributed by atoms with Crippen molar-refractivity contribution in [3.05, 3.63) is 108 Å². The van der Waals surface area contributed by atoms with Crippen molar-refractivity contribution in [3.63, 3.8) is 0 Å². The molecule has 0 fully saturated rings. The van der Waals surface area contributed by atoms with Gasteiger partial charge in [-0.3, -0.25) is 0 Å². The molecule has 0 bridgehead atoms. The van der Waals surface area contributed by atoms with Crippen LogP contribution in [0.15, 0.2) is 91.0 Å². The highest BCUT2D eigenvalue weighted by molar-refractivity contribution is 5.22. The number of hydrogen-bond acceptors (Lipinski definition) is 3. The largest absolute Gasteiger partial charge is 0.374 e. The van der Waals surface area contributed by atoms with Crippen LogP contribution in [-0.4, -0.2) is 15.1 Å². The number of benzene rings is 3. The van der Waals surface area contributed by atoms with Crippen LogP contribution in [0.3, 0.4) is 0 Å². The Labute approximate surface area is 142 Å². The van der Waals surface area contributed by atoms with E-state index in [1.54, 1.807) is 4.90 Å². The molecule has 3 heteroatoms. The Morgan fingerprint density at radius 1 is 0.583 bits per heavy atom. The molecule has 3 aromatic carbocycles. The number of aliphatic hydroxyl groups excluding tert-OH is 2. The van der Waals surface area contributed by atoms with E-state index < -0.39 is 12.5 Å². The number of rotatable bonds is 6. The van der Waals surface area contributed by atoms with Gasteiger partial charge in [-0.1, -0.05) is 91.0 Å². The van der Waals surface area contributed by atoms with Crippen LogP contribution in [0.4, 0.5) is 0 Å². The minimum absolute atomic E-state index is 0.437. The lowest BCUT2D eigenvalue weighted by molar-refractivity contribution is -0.113. The molecule has 2 atom stereocenters. The second-order valence-corrected chi connectivity index (χ2v) is 5.73. The maximum Gasteiger partial charge on any atom is 0.136 e. The van der Waals surface area contributed by atoms with Gasteiger partial charge in [0.25, 0.3) is 0 Å². The van der Waals surface area contributed by atoms with E-state index >= 15 is 0 Å². The maximum atomic E-state index is 10.8.